The molecule has 0 radical (unpaired) electrons. The zero-order valence-corrected chi connectivity index (χ0v) is 22.0. The summed E-state index contributed by atoms with van der Waals surface area (Å²) in [5.41, 5.74) is 7.44. The molecule has 194 valence electrons. The zero-order valence-electron chi connectivity index (χ0n) is 21.2. The molecule has 0 spiro atoms. The molecule has 1 N–H and O–H groups in total. The van der Waals surface area contributed by atoms with Gasteiger partial charge in [-0.1, -0.05) is 36.4 Å². The third-order valence-electron chi connectivity index (χ3n) is 6.92. The van der Waals surface area contributed by atoms with Gasteiger partial charge in [-0.2, -0.15) is 0 Å². The van der Waals surface area contributed by atoms with Crippen LogP contribution in [0.15, 0.2) is 82.5 Å². The summed E-state index contributed by atoms with van der Waals surface area (Å²) in [4.78, 5) is 22.5. The van der Waals surface area contributed by atoms with Crippen LogP contribution < -0.4 is 10.4 Å². The lowest BCUT2D eigenvalue weighted by Crippen LogP contribution is -2.47. The minimum Gasteiger partial charge on any atom is -0.421 e. The van der Waals surface area contributed by atoms with E-state index in [1.165, 1.54) is 16.9 Å². The molecule has 2 aromatic carbocycles. The number of benzene rings is 2. The van der Waals surface area contributed by atoms with Gasteiger partial charge in [-0.05, 0) is 36.6 Å². The van der Waals surface area contributed by atoms with Crippen molar-refractivity contribution >= 4 is 22.9 Å². The van der Waals surface area contributed by atoms with Crippen molar-refractivity contribution in [2.45, 2.75) is 32.4 Å². The predicted molar refractivity (Wildman–Crippen MR) is 146 cm³/mol. The van der Waals surface area contributed by atoms with E-state index in [4.69, 9.17) is 4.42 Å². The number of nitrogens with zero attached hydrogens (tertiary/aromatic N) is 6. The number of rotatable bonds is 7. The molecule has 1 saturated heterocycles. The number of aromatic nitrogens is 3. The molecule has 1 fully saturated rings. The van der Waals surface area contributed by atoms with Crippen molar-refractivity contribution in [2.75, 3.05) is 24.6 Å². The minimum atomic E-state index is -0.0357. The van der Waals surface area contributed by atoms with Crippen LogP contribution in [0.5, 0.6) is 0 Å². The maximum Gasteiger partial charge on any atom is 0.287 e. The molecule has 2 aliphatic rings. The topological polar surface area (TPSA) is 90.6 Å². The first-order valence-electron chi connectivity index (χ1n) is 12.8. The number of thiazole rings is 1. The lowest BCUT2D eigenvalue weighted by Gasteiger charge is -2.38. The first-order valence-corrected chi connectivity index (χ1v) is 13.7. The number of likely N-dealkylation sites (tertiary alicyclic amines) is 1. The number of carbonyl (C=O) groups excluding carboxylic acids is 1. The van der Waals surface area contributed by atoms with Crippen LogP contribution in [0.4, 0.5) is 5.69 Å². The quantitative estimate of drug-likeness (QED) is 0.376. The van der Waals surface area contributed by atoms with Gasteiger partial charge < -0.3 is 9.32 Å². The van der Waals surface area contributed by atoms with Crippen molar-refractivity contribution in [3.63, 3.8) is 0 Å². The van der Waals surface area contributed by atoms with Gasteiger partial charge in [0.15, 0.2) is 5.01 Å². The van der Waals surface area contributed by atoms with E-state index in [-0.39, 0.29) is 11.9 Å². The largest absolute Gasteiger partial charge is 0.421 e. The summed E-state index contributed by atoms with van der Waals surface area (Å²) in [6.07, 6.45) is 5.53. The van der Waals surface area contributed by atoms with E-state index in [0.29, 0.717) is 23.3 Å². The maximum absolute atomic E-state index is 13.7. The average molecular weight is 528 g/mol. The SMILES string of the molecule is Cc1nnc(-c2cccc(N3C=C(N(C(=O)c4nccs4)C4CCN(Cc5ccccc5)CC4)CN3)c2)o1. The highest BCUT2D eigenvalue weighted by Crippen LogP contribution is 2.29. The molecule has 9 nitrogen and oxygen atoms in total. The molecule has 0 saturated carbocycles. The maximum atomic E-state index is 13.7. The first kappa shape index (κ1) is 24.5. The third kappa shape index (κ3) is 5.24. The molecule has 6 rings (SSSR count). The number of amides is 1. The number of nitrogens with one attached hydrogen (secondary N) is 1. The van der Waals surface area contributed by atoms with Crippen LogP contribution in [0.25, 0.3) is 11.5 Å². The molecular formula is C28H29N7O2S. The fourth-order valence-corrected chi connectivity index (χ4v) is 5.63. The molecule has 0 unspecified atom stereocenters. The second kappa shape index (κ2) is 10.9. The molecule has 4 aromatic rings. The zero-order chi connectivity index (χ0) is 25.9. The molecular weight excluding hydrogens is 498 g/mol. The Hall–Kier alpha value is -3.86. The Bertz CT molecular complexity index is 1410. The average Bonchev–Trinajstić information content (AvgIpc) is 3.73. The Morgan fingerprint density at radius 1 is 1.13 bits per heavy atom. The number of hydrogen-bond donors (Lipinski definition) is 1. The number of piperidine rings is 1. The van der Waals surface area contributed by atoms with Gasteiger partial charge in [-0.3, -0.25) is 14.7 Å². The molecule has 0 aliphatic carbocycles. The third-order valence-corrected chi connectivity index (χ3v) is 7.68. The molecule has 0 bridgehead atoms. The molecule has 38 heavy (non-hydrogen) atoms. The fraction of sp³-hybridized carbons (Fsp3) is 0.286. The van der Waals surface area contributed by atoms with Crippen molar-refractivity contribution in [2.24, 2.45) is 0 Å². The standard InChI is InChI=1S/C28H29N7O2S/c1-20-31-32-26(37-20)22-8-5-9-24(16-22)34-19-25(17-30-34)35(28(36)27-29-12-15-38-27)23-10-13-33(14-11-23)18-21-6-3-2-4-7-21/h2-9,12,15-16,19,23,30H,10-11,13-14,17-18H2,1H3. The Morgan fingerprint density at radius 2 is 1.97 bits per heavy atom. The lowest BCUT2D eigenvalue weighted by atomic mass is 10.0. The van der Waals surface area contributed by atoms with Crippen molar-refractivity contribution in [3.05, 3.63) is 94.5 Å². The second-order valence-electron chi connectivity index (χ2n) is 9.51. The number of aryl methyl sites for hydroxylation is 1. The Balaban J connectivity index is 1.21. The molecule has 2 aromatic heterocycles. The number of anilines is 1. The summed E-state index contributed by atoms with van der Waals surface area (Å²) in [6.45, 7) is 5.14. The second-order valence-corrected chi connectivity index (χ2v) is 10.4. The van der Waals surface area contributed by atoms with Gasteiger partial charge in [0.2, 0.25) is 11.8 Å². The summed E-state index contributed by atoms with van der Waals surface area (Å²) in [6, 6.07) is 18.6. The van der Waals surface area contributed by atoms with E-state index < -0.39 is 0 Å². The highest BCUT2D eigenvalue weighted by Gasteiger charge is 2.34. The van der Waals surface area contributed by atoms with E-state index in [9.17, 15) is 4.79 Å². The van der Waals surface area contributed by atoms with Crippen molar-refractivity contribution in [1.29, 1.82) is 0 Å². The van der Waals surface area contributed by atoms with Crippen LogP contribution in [0.3, 0.4) is 0 Å². The van der Waals surface area contributed by atoms with Gasteiger partial charge in [0.25, 0.3) is 5.91 Å². The van der Waals surface area contributed by atoms with Crippen LogP contribution in [0.2, 0.25) is 0 Å². The Labute approximate surface area is 225 Å². The lowest BCUT2D eigenvalue weighted by molar-refractivity contribution is 0.0653. The fourth-order valence-electron chi connectivity index (χ4n) is 5.06. The highest BCUT2D eigenvalue weighted by atomic mass is 32.1. The van der Waals surface area contributed by atoms with Crippen LogP contribution >= 0.6 is 11.3 Å². The minimum absolute atomic E-state index is 0.0357. The van der Waals surface area contributed by atoms with Gasteiger partial charge in [-0.25, -0.2) is 10.4 Å². The number of hydrazine groups is 1. The van der Waals surface area contributed by atoms with Crippen LogP contribution in [-0.2, 0) is 6.54 Å². The monoisotopic (exact) mass is 527 g/mol. The summed E-state index contributed by atoms with van der Waals surface area (Å²) in [7, 11) is 0. The van der Waals surface area contributed by atoms with Gasteiger partial charge in [-0.15, -0.1) is 21.5 Å². The van der Waals surface area contributed by atoms with Gasteiger partial charge >= 0.3 is 0 Å². The van der Waals surface area contributed by atoms with Crippen molar-refractivity contribution in [3.8, 4) is 11.5 Å². The number of hydrogen-bond acceptors (Lipinski definition) is 9. The van der Waals surface area contributed by atoms with E-state index in [1.54, 1.807) is 13.1 Å². The van der Waals surface area contributed by atoms with Crippen LogP contribution in [-0.4, -0.2) is 56.6 Å². The summed E-state index contributed by atoms with van der Waals surface area (Å²) >= 11 is 1.39. The highest BCUT2D eigenvalue weighted by molar-refractivity contribution is 7.11. The van der Waals surface area contributed by atoms with E-state index >= 15 is 0 Å². The van der Waals surface area contributed by atoms with E-state index in [0.717, 1.165) is 49.4 Å². The molecule has 0 atom stereocenters. The van der Waals surface area contributed by atoms with Crippen LogP contribution in [0.1, 0.15) is 34.1 Å². The van der Waals surface area contributed by atoms with E-state index in [1.807, 2.05) is 51.8 Å². The predicted octanol–water partition coefficient (Wildman–Crippen LogP) is 4.47. The van der Waals surface area contributed by atoms with Gasteiger partial charge in [0.05, 0.1) is 17.9 Å². The van der Waals surface area contributed by atoms with E-state index in [2.05, 4.69) is 49.8 Å². The normalized spacial score (nSPS) is 16.6. The first-order chi connectivity index (χ1) is 18.6. The number of carbonyl (C=O) groups is 1. The van der Waals surface area contributed by atoms with Gasteiger partial charge in [0, 0.05) is 55.9 Å². The Kier molecular flexibility index (Phi) is 7.00. The molecule has 4 heterocycles. The smallest absolute Gasteiger partial charge is 0.287 e. The Morgan fingerprint density at radius 3 is 2.71 bits per heavy atom. The summed E-state index contributed by atoms with van der Waals surface area (Å²) in [5.74, 6) is 0.972. The molecule has 2 aliphatic heterocycles. The summed E-state index contributed by atoms with van der Waals surface area (Å²) in [5, 5.41) is 12.4. The van der Waals surface area contributed by atoms with Gasteiger partial charge in [0.1, 0.15) is 0 Å². The van der Waals surface area contributed by atoms with Crippen LogP contribution in [0, 0.1) is 6.92 Å². The molecule has 1 amide bonds. The van der Waals surface area contributed by atoms with Crippen molar-refractivity contribution in [1.82, 2.24) is 30.4 Å². The van der Waals surface area contributed by atoms with Crippen molar-refractivity contribution < 1.29 is 9.21 Å². The molecule has 10 heteroatoms. The summed E-state index contributed by atoms with van der Waals surface area (Å²) < 4.78 is 5.61.